The molecule has 2 rings (SSSR count). The average molecular weight is 292 g/mol. The van der Waals surface area contributed by atoms with Gasteiger partial charge in [0.25, 0.3) is 0 Å². The van der Waals surface area contributed by atoms with E-state index in [2.05, 4.69) is 10.6 Å². The van der Waals surface area contributed by atoms with Crippen molar-refractivity contribution in [3.8, 4) is 5.75 Å². The van der Waals surface area contributed by atoms with Crippen LogP contribution >= 0.6 is 0 Å². The third-order valence-electron chi connectivity index (χ3n) is 4.03. The van der Waals surface area contributed by atoms with Crippen molar-refractivity contribution in [2.75, 3.05) is 27.3 Å². The Hall–Kier alpha value is -1.59. The number of hydrogen-bond donors (Lipinski definition) is 2. The summed E-state index contributed by atoms with van der Waals surface area (Å²) in [5, 5.41) is 6.33. The van der Waals surface area contributed by atoms with Gasteiger partial charge in [-0.15, -0.1) is 0 Å². The molecular weight excluding hydrogens is 268 g/mol. The van der Waals surface area contributed by atoms with Crippen LogP contribution in [0.2, 0.25) is 0 Å². The van der Waals surface area contributed by atoms with Crippen LogP contribution in [0.25, 0.3) is 0 Å². The number of nitrogens with one attached hydrogen (secondary N) is 2. The number of carbonyl (C=O) groups excluding carboxylic acids is 1. The summed E-state index contributed by atoms with van der Waals surface area (Å²) in [4.78, 5) is 12.5. The number of ether oxygens (including phenoxy) is 2. The standard InChI is InChI=1S/C16H24N2O3/c1-4-13(11-5-7-12(20-2)8-6-11)16(19)18-14-9-17-10-15(14)21-3/h5-8,13-15,17H,4,9-10H2,1-3H3,(H,18,19). The molecule has 1 saturated heterocycles. The van der Waals surface area contributed by atoms with Gasteiger partial charge in [-0.1, -0.05) is 19.1 Å². The first kappa shape index (κ1) is 15.8. The lowest BCUT2D eigenvalue weighted by atomic mass is 9.95. The Labute approximate surface area is 126 Å². The molecule has 1 fully saturated rings. The number of methoxy groups -OCH3 is 2. The second-order valence-corrected chi connectivity index (χ2v) is 5.28. The number of hydrogen-bond acceptors (Lipinski definition) is 4. The van der Waals surface area contributed by atoms with E-state index in [1.165, 1.54) is 0 Å². The van der Waals surface area contributed by atoms with Crippen molar-refractivity contribution in [3.63, 3.8) is 0 Å². The van der Waals surface area contributed by atoms with E-state index >= 15 is 0 Å². The maximum absolute atomic E-state index is 12.5. The van der Waals surface area contributed by atoms with E-state index in [0.29, 0.717) is 0 Å². The molecule has 0 saturated carbocycles. The molecule has 21 heavy (non-hydrogen) atoms. The molecule has 0 radical (unpaired) electrons. The highest BCUT2D eigenvalue weighted by atomic mass is 16.5. The Balaban J connectivity index is 2.03. The lowest BCUT2D eigenvalue weighted by Crippen LogP contribution is -2.45. The molecular formula is C16H24N2O3. The first-order valence-corrected chi connectivity index (χ1v) is 7.37. The van der Waals surface area contributed by atoms with E-state index in [1.54, 1.807) is 14.2 Å². The predicted octanol–water partition coefficient (Wildman–Crippen LogP) is 1.29. The van der Waals surface area contributed by atoms with Gasteiger partial charge in [0.15, 0.2) is 0 Å². The lowest BCUT2D eigenvalue weighted by Gasteiger charge is -2.22. The topological polar surface area (TPSA) is 59.6 Å². The molecule has 1 heterocycles. The quantitative estimate of drug-likeness (QED) is 0.829. The molecule has 1 amide bonds. The highest BCUT2D eigenvalue weighted by Crippen LogP contribution is 2.23. The van der Waals surface area contributed by atoms with Crippen molar-refractivity contribution in [3.05, 3.63) is 29.8 Å². The molecule has 1 aromatic carbocycles. The maximum atomic E-state index is 12.5. The van der Waals surface area contributed by atoms with E-state index < -0.39 is 0 Å². The summed E-state index contributed by atoms with van der Waals surface area (Å²) in [6.45, 7) is 3.55. The van der Waals surface area contributed by atoms with Gasteiger partial charge in [-0.3, -0.25) is 4.79 Å². The molecule has 1 aromatic rings. The fourth-order valence-corrected chi connectivity index (χ4v) is 2.74. The van der Waals surface area contributed by atoms with E-state index in [1.807, 2.05) is 31.2 Å². The second-order valence-electron chi connectivity index (χ2n) is 5.28. The zero-order valence-corrected chi connectivity index (χ0v) is 12.9. The lowest BCUT2D eigenvalue weighted by molar-refractivity contribution is -0.124. The first-order chi connectivity index (χ1) is 10.2. The van der Waals surface area contributed by atoms with Gasteiger partial charge >= 0.3 is 0 Å². The summed E-state index contributed by atoms with van der Waals surface area (Å²) in [5.41, 5.74) is 1.01. The van der Waals surface area contributed by atoms with E-state index in [-0.39, 0.29) is 24.0 Å². The van der Waals surface area contributed by atoms with Crippen LogP contribution in [0, 0.1) is 0 Å². The van der Waals surface area contributed by atoms with Crippen LogP contribution in [0.5, 0.6) is 5.75 Å². The molecule has 5 nitrogen and oxygen atoms in total. The molecule has 0 aromatic heterocycles. The number of carbonyl (C=O) groups is 1. The van der Waals surface area contributed by atoms with Gasteiger partial charge in [0.1, 0.15) is 5.75 Å². The summed E-state index contributed by atoms with van der Waals surface area (Å²) >= 11 is 0. The van der Waals surface area contributed by atoms with Crippen molar-refractivity contribution in [1.29, 1.82) is 0 Å². The van der Waals surface area contributed by atoms with Gasteiger partial charge < -0.3 is 20.1 Å². The summed E-state index contributed by atoms with van der Waals surface area (Å²) in [6, 6.07) is 7.72. The Kier molecular flexibility index (Phi) is 5.59. The molecule has 1 aliphatic rings. The zero-order chi connectivity index (χ0) is 15.2. The Morgan fingerprint density at radius 1 is 1.33 bits per heavy atom. The largest absolute Gasteiger partial charge is 0.497 e. The molecule has 116 valence electrons. The summed E-state index contributed by atoms with van der Waals surface area (Å²) in [5.74, 6) is 0.709. The van der Waals surface area contributed by atoms with Crippen molar-refractivity contribution in [2.24, 2.45) is 0 Å². The summed E-state index contributed by atoms with van der Waals surface area (Å²) < 4.78 is 10.5. The minimum atomic E-state index is -0.144. The number of amides is 1. The summed E-state index contributed by atoms with van der Waals surface area (Å²) in [7, 11) is 3.31. The molecule has 5 heteroatoms. The van der Waals surface area contributed by atoms with Crippen LogP contribution < -0.4 is 15.4 Å². The average Bonchev–Trinajstić information content (AvgIpc) is 2.96. The summed E-state index contributed by atoms with van der Waals surface area (Å²) in [6.07, 6.45) is 0.804. The fourth-order valence-electron chi connectivity index (χ4n) is 2.74. The smallest absolute Gasteiger partial charge is 0.227 e. The van der Waals surface area contributed by atoms with E-state index in [4.69, 9.17) is 9.47 Å². The van der Waals surface area contributed by atoms with Crippen LogP contribution in [-0.2, 0) is 9.53 Å². The Bertz CT molecular complexity index is 461. The van der Waals surface area contributed by atoms with Crippen LogP contribution in [0.3, 0.4) is 0 Å². The molecule has 1 aliphatic heterocycles. The van der Waals surface area contributed by atoms with Crippen molar-refractivity contribution < 1.29 is 14.3 Å². The fraction of sp³-hybridized carbons (Fsp3) is 0.562. The van der Waals surface area contributed by atoms with Gasteiger partial charge in [-0.2, -0.15) is 0 Å². The Morgan fingerprint density at radius 2 is 2.05 bits per heavy atom. The highest BCUT2D eigenvalue weighted by Gasteiger charge is 2.30. The minimum absolute atomic E-state index is 0.0369. The first-order valence-electron chi connectivity index (χ1n) is 7.37. The van der Waals surface area contributed by atoms with Crippen LogP contribution in [-0.4, -0.2) is 45.4 Å². The predicted molar refractivity (Wildman–Crippen MR) is 81.6 cm³/mol. The van der Waals surface area contributed by atoms with Gasteiger partial charge in [0.05, 0.1) is 25.2 Å². The van der Waals surface area contributed by atoms with Gasteiger partial charge in [0.2, 0.25) is 5.91 Å². The molecule has 3 atom stereocenters. The number of benzene rings is 1. The van der Waals surface area contributed by atoms with Crippen LogP contribution in [0.15, 0.2) is 24.3 Å². The normalized spacial score (nSPS) is 22.8. The SMILES string of the molecule is CCC(C(=O)NC1CNCC1OC)c1ccc(OC)cc1. The molecule has 0 spiro atoms. The second kappa shape index (κ2) is 7.43. The van der Waals surface area contributed by atoms with Crippen molar-refractivity contribution in [2.45, 2.75) is 31.4 Å². The Morgan fingerprint density at radius 3 is 2.62 bits per heavy atom. The zero-order valence-electron chi connectivity index (χ0n) is 12.9. The van der Waals surface area contributed by atoms with Crippen LogP contribution in [0.1, 0.15) is 24.8 Å². The third-order valence-corrected chi connectivity index (χ3v) is 4.03. The highest BCUT2D eigenvalue weighted by molar-refractivity contribution is 5.84. The monoisotopic (exact) mass is 292 g/mol. The van der Waals surface area contributed by atoms with Crippen LogP contribution in [0.4, 0.5) is 0 Å². The molecule has 0 aliphatic carbocycles. The van der Waals surface area contributed by atoms with Gasteiger partial charge in [0, 0.05) is 20.2 Å². The van der Waals surface area contributed by atoms with E-state index in [9.17, 15) is 4.79 Å². The minimum Gasteiger partial charge on any atom is -0.497 e. The van der Waals surface area contributed by atoms with Gasteiger partial charge in [-0.25, -0.2) is 0 Å². The van der Waals surface area contributed by atoms with E-state index in [0.717, 1.165) is 30.8 Å². The number of rotatable bonds is 6. The molecule has 0 bridgehead atoms. The third kappa shape index (κ3) is 3.74. The molecule has 3 unspecified atom stereocenters. The van der Waals surface area contributed by atoms with Crippen molar-refractivity contribution >= 4 is 5.91 Å². The van der Waals surface area contributed by atoms with Gasteiger partial charge in [-0.05, 0) is 24.1 Å². The molecule has 2 N–H and O–H groups in total. The van der Waals surface area contributed by atoms with Crippen molar-refractivity contribution in [1.82, 2.24) is 10.6 Å². The maximum Gasteiger partial charge on any atom is 0.227 e.